The molecule has 1 atom stereocenters. The van der Waals surface area contributed by atoms with Crippen molar-refractivity contribution in [2.24, 2.45) is 0 Å². The first-order valence-electron chi connectivity index (χ1n) is 9.22. The fourth-order valence-corrected chi connectivity index (χ4v) is 3.69. The summed E-state index contributed by atoms with van der Waals surface area (Å²) in [4.78, 5) is 16.1. The molecule has 2 heterocycles. The Morgan fingerprint density at radius 1 is 1.17 bits per heavy atom. The minimum Gasteiger partial charge on any atom is -0.345 e. The number of alkyl halides is 3. The van der Waals surface area contributed by atoms with Crippen LogP contribution in [0.15, 0.2) is 42.7 Å². The number of carbonyl (C=O) groups is 1. The standard InChI is InChI=1S/C21H19F3N4O/c1-12-7-13(2)9-14(8-12)20(29)26-17-3-4-18-16(17)11-28(27-18)15-5-6-25-19(10-15)21(22,23)24/h5-11,17H,3-4H2,1-2H3,(H,26,29)/t17-/m1/s1. The van der Waals surface area contributed by atoms with Gasteiger partial charge in [-0.1, -0.05) is 17.2 Å². The van der Waals surface area contributed by atoms with Gasteiger partial charge in [-0.05, 0) is 51.0 Å². The van der Waals surface area contributed by atoms with Gasteiger partial charge in [0.05, 0.1) is 17.4 Å². The number of aromatic nitrogens is 3. The highest BCUT2D eigenvalue weighted by Crippen LogP contribution is 2.32. The molecule has 0 spiro atoms. The van der Waals surface area contributed by atoms with E-state index in [-0.39, 0.29) is 17.6 Å². The zero-order chi connectivity index (χ0) is 20.8. The van der Waals surface area contributed by atoms with Gasteiger partial charge < -0.3 is 5.32 Å². The van der Waals surface area contributed by atoms with Crippen LogP contribution in [0.5, 0.6) is 0 Å². The molecular weight excluding hydrogens is 381 g/mol. The van der Waals surface area contributed by atoms with E-state index >= 15 is 0 Å². The third kappa shape index (κ3) is 3.87. The van der Waals surface area contributed by atoms with Crippen LogP contribution in [0.3, 0.4) is 0 Å². The lowest BCUT2D eigenvalue weighted by molar-refractivity contribution is -0.141. The van der Waals surface area contributed by atoms with Crippen LogP contribution < -0.4 is 5.32 Å². The number of fused-ring (bicyclic) bond motifs is 1. The first kappa shape index (κ1) is 19.2. The van der Waals surface area contributed by atoms with Gasteiger partial charge in [-0.3, -0.25) is 9.78 Å². The molecule has 8 heteroatoms. The normalized spacial score (nSPS) is 16.0. The van der Waals surface area contributed by atoms with Gasteiger partial charge in [0.15, 0.2) is 0 Å². The van der Waals surface area contributed by atoms with Crippen LogP contribution in [-0.4, -0.2) is 20.7 Å². The molecule has 29 heavy (non-hydrogen) atoms. The summed E-state index contributed by atoms with van der Waals surface area (Å²) in [5, 5.41) is 7.43. The molecule has 1 aromatic carbocycles. The van der Waals surface area contributed by atoms with E-state index in [1.54, 1.807) is 6.20 Å². The molecule has 4 rings (SSSR count). The predicted molar refractivity (Wildman–Crippen MR) is 101 cm³/mol. The number of hydrogen-bond donors (Lipinski definition) is 1. The quantitative estimate of drug-likeness (QED) is 0.712. The molecular formula is C21H19F3N4O. The number of benzene rings is 1. The van der Waals surface area contributed by atoms with Crippen molar-refractivity contribution in [1.29, 1.82) is 0 Å². The predicted octanol–water partition coefficient (Wildman–Crippen LogP) is 4.32. The summed E-state index contributed by atoms with van der Waals surface area (Å²) in [7, 11) is 0. The zero-order valence-corrected chi connectivity index (χ0v) is 15.9. The Morgan fingerprint density at radius 2 is 1.90 bits per heavy atom. The number of carbonyl (C=O) groups excluding carboxylic acids is 1. The molecule has 0 aliphatic heterocycles. The lowest BCUT2D eigenvalue weighted by Crippen LogP contribution is -2.27. The molecule has 0 fully saturated rings. The Bertz CT molecular complexity index is 1070. The molecule has 2 aromatic heterocycles. The molecule has 0 unspecified atom stereocenters. The van der Waals surface area contributed by atoms with E-state index in [0.717, 1.165) is 34.6 Å². The maximum absolute atomic E-state index is 12.9. The van der Waals surface area contributed by atoms with Crippen molar-refractivity contribution in [1.82, 2.24) is 20.1 Å². The largest absolute Gasteiger partial charge is 0.433 e. The number of amides is 1. The topological polar surface area (TPSA) is 59.8 Å². The van der Waals surface area contributed by atoms with Crippen molar-refractivity contribution in [3.8, 4) is 5.69 Å². The highest BCUT2D eigenvalue weighted by atomic mass is 19.4. The van der Waals surface area contributed by atoms with Gasteiger partial charge >= 0.3 is 6.18 Å². The summed E-state index contributed by atoms with van der Waals surface area (Å²) in [6.45, 7) is 3.87. The Labute approximate surface area is 165 Å². The van der Waals surface area contributed by atoms with Crippen LogP contribution >= 0.6 is 0 Å². The second-order valence-electron chi connectivity index (χ2n) is 7.31. The van der Waals surface area contributed by atoms with Gasteiger partial charge in [0, 0.05) is 23.5 Å². The molecule has 1 aliphatic rings. The summed E-state index contributed by atoms with van der Waals surface area (Å²) in [5.41, 5.74) is 3.52. The van der Waals surface area contributed by atoms with Gasteiger partial charge in [-0.25, -0.2) is 4.68 Å². The monoisotopic (exact) mass is 400 g/mol. The molecule has 0 saturated carbocycles. The van der Waals surface area contributed by atoms with Gasteiger partial charge in [-0.15, -0.1) is 0 Å². The molecule has 1 amide bonds. The number of hydrogen-bond acceptors (Lipinski definition) is 3. The van der Waals surface area contributed by atoms with Crippen molar-refractivity contribution in [3.63, 3.8) is 0 Å². The Kier molecular flexibility index (Phi) is 4.64. The summed E-state index contributed by atoms with van der Waals surface area (Å²) in [6.07, 6.45) is -0.362. The number of pyridine rings is 1. The van der Waals surface area contributed by atoms with Crippen LogP contribution in [0.4, 0.5) is 13.2 Å². The molecule has 0 bridgehead atoms. The third-order valence-electron chi connectivity index (χ3n) is 4.96. The van der Waals surface area contributed by atoms with E-state index in [0.29, 0.717) is 18.4 Å². The van der Waals surface area contributed by atoms with Crippen LogP contribution in [0.1, 0.15) is 50.9 Å². The van der Waals surface area contributed by atoms with E-state index in [4.69, 9.17) is 0 Å². The van der Waals surface area contributed by atoms with E-state index < -0.39 is 11.9 Å². The first-order chi connectivity index (χ1) is 13.7. The average Bonchev–Trinajstić information content (AvgIpc) is 3.22. The van der Waals surface area contributed by atoms with Crippen molar-refractivity contribution >= 4 is 5.91 Å². The number of rotatable bonds is 3. The highest BCUT2D eigenvalue weighted by molar-refractivity contribution is 5.94. The van der Waals surface area contributed by atoms with Crippen molar-refractivity contribution < 1.29 is 18.0 Å². The zero-order valence-electron chi connectivity index (χ0n) is 15.9. The summed E-state index contributed by atoms with van der Waals surface area (Å²) >= 11 is 0. The molecule has 150 valence electrons. The minimum atomic E-state index is -4.52. The van der Waals surface area contributed by atoms with Crippen molar-refractivity contribution in [2.45, 2.75) is 38.9 Å². The third-order valence-corrected chi connectivity index (χ3v) is 4.96. The van der Waals surface area contributed by atoms with Crippen molar-refractivity contribution in [3.05, 3.63) is 76.4 Å². The summed E-state index contributed by atoms with van der Waals surface area (Å²) in [5.74, 6) is -0.175. The Balaban J connectivity index is 1.57. The summed E-state index contributed by atoms with van der Waals surface area (Å²) < 4.78 is 40.2. The molecule has 0 radical (unpaired) electrons. The number of halogens is 3. The van der Waals surface area contributed by atoms with E-state index in [9.17, 15) is 18.0 Å². The Morgan fingerprint density at radius 3 is 2.59 bits per heavy atom. The fraction of sp³-hybridized carbons (Fsp3) is 0.286. The molecule has 0 saturated heterocycles. The molecule has 1 aliphatic carbocycles. The number of nitrogens with one attached hydrogen (secondary N) is 1. The lowest BCUT2D eigenvalue weighted by Gasteiger charge is -2.14. The Hall–Kier alpha value is -3.16. The number of nitrogens with zero attached hydrogens (tertiary/aromatic N) is 3. The number of aryl methyl sites for hydroxylation is 3. The fourth-order valence-electron chi connectivity index (χ4n) is 3.69. The van der Waals surface area contributed by atoms with Gasteiger partial charge in [-0.2, -0.15) is 18.3 Å². The molecule has 1 N–H and O–H groups in total. The van der Waals surface area contributed by atoms with E-state index in [1.165, 1.54) is 10.7 Å². The lowest BCUT2D eigenvalue weighted by atomic mass is 10.1. The molecule has 3 aromatic rings. The maximum Gasteiger partial charge on any atom is 0.433 e. The molecule has 5 nitrogen and oxygen atoms in total. The SMILES string of the molecule is Cc1cc(C)cc(C(=O)N[C@@H]2CCc3nn(-c4ccnc(C(F)(F)F)c4)cc32)c1. The van der Waals surface area contributed by atoms with Crippen LogP contribution in [0, 0.1) is 13.8 Å². The van der Waals surface area contributed by atoms with Crippen LogP contribution in [0.25, 0.3) is 5.69 Å². The maximum atomic E-state index is 12.9. The van der Waals surface area contributed by atoms with Gasteiger partial charge in [0.2, 0.25) is 0 Å². The average molecular weight is 400 g/mol. The van der Waals surface area contributed by atoms with Gasteiger partial charge in [0.1, 0.15) is 5.69 Å². The van der Waals surface area contributed by atoms with Crippen LogP contribution in [-0.2, 0) is 12.6 Å². The second kappa shape index (κ2) is 7.02. The smallest absolute Gasteiger partial charge is 0.345 e. The van der Waals surface area contributed by atoms with Gasteiger partial charge in [0.25, 0.3) is 5.91 Å². The summed E-state index contributed by atoms with van der Waals surface area (Å²) in [6, 6.07) is 7.87. The van der Waals surface area contributed by atoms with E-state index in [2.05, 4.69) is 15.4 Å². The van der Waals surface area contributed by atoms with Crippen LogP contribution in [0.2, 0.25) is 0 Å². The highest BCUT2D eigenvalue weighted by Gasteiger charge is 2.33. The van der Waals surface area contributed by atoms with Crippen molar-refractivity contribution in [2.75, 3.05) is 0 Å². The van der Waals surface area contributed by atoms with E-state index in [1.807, 2.05) is 32.0 Å². The second-order valence-corrected chi connectivity index (χ2v) is 7.31. The first-order valence-corrected chi connectivity index (χ1v) is 9.22. The minimum absolute atomic E-state index is 0.175.